The predicted octanol–water partition coefficient (Wildman–Crippen LogP) is 6.60. The summed E-state index contributed by atoms with van der Waals surface area (Å²) in [5.74, 6) is 0. The number of hydrogen-bond donors (Lipinski definition) is 0. The molecule has 2 aromatic heterocycles. The third-order valence-electron chi connectivity index (χ3n) is 5.09. The average Bonchev–Trinajstić information content (AvgIpc) is 2.79. The quantitative estimate of drug-likeness (QED) is 0.398. The van der Waals surface area contributed by atoms with Gasteiger partial charge in [-0.3, -0.25) is 4.98 Å². The van der Waals surface area contributed by atoms with Gasteiger partial charge in [-0.15, -0.1) is 0 Å². The summed E-state index contributed by atoms with van der Waals surface area (Å²) in [6.07, 6.45) is 3.92. The Morgan fingerprint density at radius 2 is 1.39 bits per heavy atom. The molecule has 0 radical (unpaired) electrons. The van der Waals surface area contributed by atoms with Gasteiger partial charge in [-0.1, -0.05) is 74.5 Å². The largest absolute Gasteiger partial charge is 0.256 e. The van der Waals surface area contributed by atoms with Gasteiger partial charge in [-0.05, 0) is 42.2 Å². The maximum atomic E-state index is 5.03. The summed E-state index contributed by atoms with van der Waals surface area (Å²) in [6, 6.07) is 27.5. The average molecular weight is 364 g/mol. The van der Waals surface area contributed by atoms with E-state index in [-0.39, 0.29) is 0 Å². The molecule has 2 nitrogen and oxygen atoms in total. The number of aromatic nitrogens is 2. The normalized spacial score (nSPS) is 10.8. The Morgan fingerprint density at radius 3 is 2.11 bits per heavy atom. The number of hydrogen-bond acceptors (Lipinski definition) is 2. The van der Waals surface area contributed by atoms with Gasteiger partial charge in [0.2, 0.25) is 0 Å². The molecular weight excluding hydrogens is 340 g/mol. The highest BCUT2D eigenvalue weighted by Gasteiger charge is 2.10. The van der Waals surface area contributed by atoms with Crippen LogP contribution in [0.5, 0.6) is 0 Å². The fourth-order valence-corrected chi connectivity index (χ4v) is 3.42. The van der Waals surface area contributed by atoms with E-state index in [9.17, 15) is 0 Å². The summed E-state index contributed by atoms with van der Waals surface area (Å²) in [5.41, 5.74) is 8.95. The zero-order chi connectivity index (χ0) is 19.3. The van der Waals surface area contributed by atoms with Gasteiger partial charge in [-0.25, -0.2) is 4.98 Å². The molecule has 2 aromatic carbocycles. The molecule has 4 aromatic rings. The van der Waals surface area contributed by atoms with Crippen molar-refractivity contribution in [3.63, 3.8) is 0 Å². The van der Waals surface area contributed by atoms with E-state index in [1.165, 1.54) is 11.1 Å². The fourth-order valence-electron chi connectivity index (χ4n) is 3.42. The van der Waals surface area contributed by atoms with Crippen molar-refractivity contribution in [2.75, 3.05) is 0 Å². The van der Waals surface area contributed by atoms with E-state index in [1.807, 2.05) is 12.3 Å². The molecule has 0 amide bonds. The first-order valence-corrected chi connectivity index (χ1v) is 9.89. The minimum atomic E-state index is 0.949. The van der Waals surface area contributed by atoms with E-state index in [0.29, 0.717) is 0 Å². The molecule has 0 unspecified atom stereocenters. The Kier molecular flexibility index (Phi) is 5.29. The lowest BCUT2D eigenvalue weighted by atomic mass is 9.99. The summed E-state index contributed by atoms with van der Waals surface area (Å²) in [7, 11) is 0. The summed E-state index contributed by atoms with van der Waals surface area (Å²) in [5, 5.41) is 0. The molecule has 2 heteroatoms. The van der Waals surface area contributed by atoms with Crippen LogP contribution in [0.3, 0.4) is 0 Å². The number of rotatable bonds is 5. The third-order valence-corrected chi connectivity index (χ3v) is 5.09. The van der Waals surface area contributed by atoms with E-state index in [4.69, 9.17) is 4.98 Å². The Hall–Kier alpha value is -3.26. The molecule has 0 bridgehead atoms. The topological polar surface area (TPSA) is 25.8 Å². The second kappa shape index (κ2) is 8.18. The summed E-state index contributed by atoms with van der Waals surface area (Å²) in [4.78, 5) is 9.67. The minimum absolute atomic E-state index is 0.949. The predicted molar refractivity (Wildman–Crippen MR) is 117 cm³/mol. The van der Waals surface area contributed by atoms with Crippen LogP contribution in [-0.4, -0.2) is 9.97 Å². The maximum Gasteiger partial charge on any atom is 0.0741 e. The van der Waals surface area contributed by atoms with Crippen molar-refractivity contribution in [2.45, 2.75) is 26.7 Å². The van der Waals surface area contributed by atoms with Crippen LogP contribution in [0, 0.1) is 0 Å². The van der Waals surface area contributed by atoms with Crippen LogP contribution in [0.25, 0.3) is 33.8 Å². The lowest BCUT2D eigenvalue weighted by Crippen LogP contribution is -1.95. The number of nitrogens with zero attached hydrogens (tertiary/aromatic N) is 2. The molecular formula is C26H24N2. The van der Waals surface area contributed by atoms with E-state index in [0.717, 1.165) is 46.6 Å². The van der Waals surface area contributed by atoms with Crippen molar-refractivity contribution in [3.05, 3.63) is 96.2 Å². The summed E-state index contributed by atoms with van der Waals surface area (Å²) < 4.78 is 0. The van der Waals surface area contributed by atoms with Gasteiger partial charge in [0.05, 0.1) is 17.1 Å². The molecule has 0 aliphatic rings. The molecule has 0 atom stereocenters. The van der Waals surface area contributed by atoms with Crippen molar-refractivity contribution >= 4 is 0 Å². The number of pyridine rings is 2. The van der Waals surface area contributed by atoms with E-state index in [2.05, 4.69) is 91.6 Å². The first kappa shape index (κ1) is 18.1. The van der Waals surface area contributed by atoms with Crippen LogP contribution in [0.2, 0.25) is 0 Å². The van der Waals surface area contributed by atoms with Gasteiger partial charge in [0.25, 0.3) is 0 Å². The zero-order valence-electron chi connectivity index (χ0n) is 16.4. The first-order valence-electron chi connectivity index (χ1n) is 9.89. The summed E-state index contributed by atoms with van der Waals surface area (Å²) >= 11 is 0. The minimum Gasteiger partial charge on any atom is -0.256 e. The van der Waals surface area contributed by atoms with Crippen molar-refractivity contribution < 1.29 is 0 Å². The molecule has 0 spiro atoms. The molecule has 0 aliphatic carbocycles. The van der Waals surface area contributed by atoms with Gasteiger partial charge >= 0.3 is 0 Å². The van der Waals surface area contributed by atoms with Crippen LogP contribution in [0.1, 0.15) is 25.0 Å². The van der Waals surface area contributed by atoms with E-state index < -0.39 is 0 Å². The van der Waals surface area contributed by atoms with Crippen molar-refractivity contribution in [1.82, 2.24) is 9.97 Å². The highest BCUT2D eigenvalue weighted by Crippen LogP contribution is 2.29. The highest BCUT2D eigenvalue weighted by atomic mass is 14.7. The van der Waals surface area contributed by atoms with Gasteiger partial charge in [0.1, 0.15) is 0 Å². The molecule has 0 saturated heterocycles. The van der Waals surface area contributed by atoms with Crippen molar-refractivity contribution in [1.29, 1.82) is 0 Å². The lowest BCUT2D eigenvalue weighted by Gasteiger charge is -2.12. The third kappa shape index (κ3) is 3.72. The molecule has 0 saturated carbocycles. The maximum absolute atomic E-state index is 5.03. The Balaban J connectivity index is 1.77. The fraction of sp³-hybridized carbons (Fsp3) is 0.154. The molecule has 4 rings (SSSR count). The number of benzene rings is 2. The molecule has 0 aliphatic heterocycles. The first-order chi connectivity index (χ1) is 13.8. The van der Waals surface area contributed by atoms with E-state index >= 15 is 0 Å². The Labute approximate surface area is 167 Å². The molecule has 28 heavy (non-hydrogen) atoms. The number of aryl methyl sites for hydroxylation is 2. The highest BCUT2D eigenvalue weighted by molar-refractivity contribution is 5.73. The van der Waals surface area contributed by atoms with Gasteiger partial charge in [0.15, 0.2) is 0 Å². The smallest absolute Gasteiger partial charge is 0.0741 e. The Morgan fingerprint density at radius 1 is 0.643 bits per heavy atom. The van der Waals surface area contributed by atoms with Crippen LogP contribution >= 0.6 is 0 Å². The SMILES string of the molecule is CCc1ccc(-c2cccc(-c3nc(-c4ccccc4)ccc3CC)c2)nc1. The molecule has 2 heterocycles. The van der Waals surface area contributed by atoms with Gasteiger partial charge in [-0.2, -0.15) is 0 Å². The second-order valence-electron chi connectivity index (χ2n) is 6.91. The molecule has 0 N–H and O–H groups in total. The van der Waals surface area contributed by atoms with Gasteiger partial charge < -0.3 is 0 Å². The summed E-state index contributed by atoms with van der Waals surface area (Å²) in [6.45, 7) is 4.33. The second-order valence-corrected chi connectivity index (χ2v) is 6.91. The van der Waals surface area contributed by atoms with Crippen LogP contribution < -0.4 is 0 Å². The monoisotopic (exact) mass is 364 g/mol. The van der Waals surface area contributed by atoms with Crippen LogP contribution in [-0.2, 0) is 12.8 Å². The molecule has 138 valence electrons. The Bertz CT molecular complexity index is 1070. The molecule has 0 fully saturated rings. The zero-order valence-corrected chi connectivity index (χ0v) is 16.4. The van der Waals surface area contributed by atoms with Crippen molar-refractivity contribution in [2.24, 2.45) is 0 Å². The standard InChI is InChI=1S/C26H24N2/c1-3-19-13-15-24(27-18-19)22-11-8-12-23(17-22)26-20(4-2)14-16-25(28-26)21-9-6-5-7-10-21/h5-18H,3-4H2,1-2H3. The lowest BCUT2D eigenvalue weighted by molar-refractivity contribution is 1.10. The van der Waals surface area contributed by atoms with Crippen LogP contribution in [0.4, 0.5) is 0 Å². The van der Waals surface area contributed by atoms with Crippen molar-refractivity contribution in [3.8, 4) is 33.8 Å². The van der Waals surface area contributed by atoms with Crippen LogP contribution in [0.15, 0.2) is 85.1 Å². The van der Waals surface area contributed by atoms with E-state index in [1.54, 1.807) is 0 Å². The van der Waals surface area contributed by atoms with Gasteiger partial charge in [0, 0.05) is 22.9 Å².